The second-order valence-electron chi connectivity index (χ2n) is 2.38. The smallest absolute Gasteiger partial charge is 0.308 e. The Labute approximate surface area is 58.2 Å². The first-order chi connectivity index (χ1) is 4.70. The lowest BCUT2D eigenvalue weighted by Gasteiger charge is -2.17. The van der Waals surface area contributed by atoms with Crippen molar-refractivity contribution in [1.82, 2.24) is 5.32 Å². The Morgan fingerprint density at radius 1 is 1.70 bits per heavy atom. The fourth-order valence-electron chi connectivity index (χ4n) is 0.944. The molecule has 0 bridgehead atoms. The third-order valence-electron chi connectivity index (χ3n) is 1.61. The zero-order valence-electron chi connectivity index (χ0n) is 5.46. The Morgan fingerprint density at radius 3 is 2.80 bits per heavy atom. The van der Waals surface area contributed by atoms with Gasteiger partial charge in [0.2, 0.25) is 5.91 Å². The summed E-state index contributed by atoms with van der Waals surface area (Å²) in [7, 11) is 0. The maximum absolute atomic E-state index is 10.5. The van der Waals surface area contributed by atoms with Crippen molar-refractivity contribution in [2.24, 2.45) is 5.92 Å². The molecule has 1 amide bonds. The standard InChI is InChI=1S/C6H9NO3/c8-5-2-1-4(3-7-5)6(9)10/h4H,1-3H2,(H,7,8)(H,9,10)/t4-/m1/s1. The second-order valence-corrected chi connectivity index (χ2v) is 2.38. The number of nitrogens with one attached hydrogen (secondary N) is 1. The van der Waals surface area contributed by atoms with Crippen LogP contribution in [0.4, 0.5) is 0 Å². The molecule has 4 heteroatoms. The van der Waals surface area contributed by atoms with Crippen LogP contribution in [-0.4, -0.2) is 23.5 Å². The van der Waals surface area contributed by atoms with E-state index in [1.807, 2.05) is 0 Å². The van der Waals surface area contributed by atoms with Crippen LogP contribution < -0.4 is 5.32 Å². The van der Waals surface area contributed by atoms with Gasteiger partial charge in [0, 0.05) is 13.0 Å². The van der Waals surface area contributed by atoms with Crippen LogP contribution in [0.25, 0.3) is 0 Å². The van der Waals surface area contributed by atoms with Gasteiger partial charge < -0.3 is 10.4 Å². The number of piperidine rings is 1. The highest BCUT2D eigenvalue weighted by Gasteiger charge is 2.23. The van der Waals surface area contributed by atoms with Crippen LogP contribution in [0.1, 0.15) is 12.8 Å². The lowest BCUT2D eigenvalue weighted by atomic mass is 10.00. The average molecular weight is 143 g/mol. The summed E-state index contributed by atoms with van der Waals surface area (Å²) in [4.78, 5) is 20.8. The monoisotopic (exact) mass is 143 g/mol. The van der Waals surface area contributed by atoms with E-state index >= 15 is 0 Å². The van der Waals surface area contributed by atoms with Crippen molar-refractivity contribution in [2.45, 2.75) is 12.8 Å². The Kier molecular flexibility index (Phi) is 1.89. The van der Waals surface area contributed by atoms with Crippen molar-refractivity contribution in [3.63, 3.8) is 0 Å². The Bertz CT molecular complexity index is 156. The molecule has 0 saturated carbocycles. The molecule has 10 heavy (non-hydrogen) atoms. The molecule has 1 aliphatic rings. The van der Waals surface area contributed by atoms with Crippen LogP contribution in [0.15, 0.2) is 0 Å². The molecule has 1 atom stereocenters. The number of carboxylic acids is 1. The number of hydrogen-bond donors (Lipinski definition) is 2. The predicted molar refractivity (Wildman–Crippen MR) is 33.4 cm³/mol. The number of carbonyl (C=O) groups excluding carboxylic acids is 1. The molecule has 1 rings (SSSR count). The zero-order valence-corrected chi connectivity index (χ0v) is 5.46. The fraction of sp³-hybridized carbons (Fsp3) is 0.667. The van der Waals surface area contributed by atoms with E-state index in [-0.39, 0.29) is 18.4 Å². The Balaban J connectivity index is 2.40. The van der Waals surface area contributed by atoms with Crippen LogP contribution in [0, 0.1) is 5.92 Å². The lowest BCUT2D eigenvalue weighted by Crippen LogP contribution is -2.38. The molecule has 0 aromatic rings. The van der Waals surface area contributed by atoms with Gasteiger partial charge in [0.05, 0.1) is 5.92 Å². The summed E-state index contributed by atoms with van der Waals surface area (Å²) >= 11 is 0. The number of amides is 1. The topological polar surface area (TPSA) is 66.4 Å². The van der Waals surface area contributed by atoms with Crippen molar-refractivity contribution in [2.75, 3.05) is 6.54 Å². The van der Waals surface area contributed by atoms with E-state index < -0.39 is 5.97 Å². The molecule has 0 aromatic heterocycles. The molecule has 56 valence electrons. The van der Waals surface area contributed by atoms with Gasteiger partial charge in [0.1, 0.15) is 0 Å². The summed E-state index contributed by atoms with van der Waals surface area (Å²) in [5.41, 5.74) is 0. The van der Waals surface area contributed by atoms with Crippen molar-refractivity contribution in [3.8, 4) is 0 Å². The summed E-state index contributed by atoms with van der Waals surface area (Å²) in [5.74, 6) is -1.24. The summed E-state index contributed by atoms with van der Waals surface area (Å²) in [5, 5.41) is 11.0. The molecule has 1 heterocycles. The molecule has 0 radical (unpaired) electrons. The van der Waals surface area contributed by atoms with Crippen LogP contribution >= 0.6 is 0 Å². The fourth-order valence-corrected chi connectivity index (χ4v) is 0.944. The largest absolute Gasteiger partial charge is 0.481 e. The first kappa shape index (κ1) is 7.05. The normalized spacial score (nSPS) is 25.6. The minimum atomic E-state index is -0.819. The zero-order chi connectivity index (χ0) is 7.56. The van der Waals surface area contributed by atoms with Gasteiger partial charge >= 0.3 is 5.97 Å². The molecule has 2 N–H and O–H groups in total. The average Bonchev–Trinajstić information content (AvgIpc) is 1.88. The number of rotatable bonds is 1. The van der Waals surface area contributed by atoms with Gasteiger partial charge in [-0.3, -0.25) is 9.59 Å². The van der Waals surface area contributed by atoms with E-state index in [1.54, 1.807) is 0 Å². The first-order valence-electron chi connectivity index (χ1n) is 3.19. The number of carbonyl (C=O) groups is 2. The highest BCUT2D eigenvalue weighted by Crippen LogP contribution is 2.09. The van der Waals surface area contributed by atoms with Gasteiger partial charge in [-0.15, -0.1) is 0 Å². The number of carboxylic acid groups (broad SMARTS) is 1. The summed E-state index contributed by atoms with van der Waals surface area (Å²) in [6.45, 7) is 0.286. The highest BCUT2D eigenvalue weighted by atomic mass is 16.4. The van der Waals surface area contributed by atoms with Crippen LogP contribution in [0.5, 0.6) is 0 Å². The molecule has 1 fully saturated rings. The molecule has 0 unspecified atom stereocenters. The predicted octanol–water partition coefficient (Wildman–Crippen LogP) is -0.403. The van der Waals surface area contributed by atoms with Crippen LogP contribution in [0.3, 0.4) is 0 Å². The molecule has 0 aromatic carbocycles. The molecule has 1 aliphatic heterocycles. The van der Waals surface area contributed by atoms with Gasteiger partial charge in [-0.1, -0.05) is 0 Å². The van der Waals surface area contributed by atoms with E-state index in [1.165, 1.54) is 0 Å². The molecule has 1 saturated heterocycles. The van der Waals surface area contributed by atoms with Crippen LogP contribution in [-0.2, 0) is 9.59 Å². The maximum Gasteiger partial charge on any atom is 0.308 e. The minimum absolute atomic E-state index is 0.0440. The summed E-state index contributed by atoms with van der Waals surface area (Å²) < 4.78 is 0. The molecule has 4 nitrogen and oxygen atoms in total. The quantitative estimate of drug-likeness (QED) is 0.524. The SMILES string of the molecule is O=C1CC[C@@H](C(=O)O)CN1. The Hall–Kier alpha value is -1.06. The van der Waals surface area contributed by atoms with E-state index in [0.29, 0.717) is 12.8 Å². The second kappa shape index (κ2) is 2.68. The minimum Gasteiger partial charge on any atom is -0.481 e. The van der Waals surface area contributed by atoms with Gasteiger partial charge in [-0.2, -0.15) is 0 Å². The summed E-state index contributed by atoms with van der Waals surface area (Å²) in [6.07, 6.45) is 0.818. The van der Waals surface area contributed by atoms with Crippen molar-refractivity contribution in [3.05, 3.63) is 0 Å². The van der Waals surface area contributed by atoms with Crippen molar-refractivity contribution >= 4 is 11.9 Å². The number of aliphatic carboxylic acids is 1. The van der Waals surface area contributed by atoms with E-state index in [4.69, 9.17) is 5.11 Å². The summed E-state index contributed by atoms with van der Waals surface area (Å²) in [6, 6.07) is 0. The molecular weight excluding hydrogens is 134 g/mol. The van der Waals surface area contributed by atoms with Crippen LogP contribution in [0.2, 0.25) is 0 Å². The van der Waals surface area contributed by atoms with Crippen molar-refractivity contribution < 1.29 is 14.7 Å². The van der Waals surface area contributed by atoms with E-state index in [0.717, 1.165) is 0 Å². The molecule has 0 spiro atoms. The number of hydrogen-bond acceptors (Lipinski definition) is 2. The third kappa shape index (κ3) is 1.46. The van der Waals surface area contributed by atoms with E-state index in [9.17, 15) is 9.59 Å². The molecular formula is C6H9NO3. The van der Waals surface area contributed by atoms with E-state index in [2.05, 4.69) is 5.32 Å². The highest BCUT2D eigenvalue weighted by molar-refractivity contribution is 5.80. The van der Waals surface area contributed by atoms with Gasteiger partial charge in [-0.05, 0) is 6.42 Å². The Morgan fingerprint density at radius 2 is 2.40 bits per heavy atom. The molecule has 0 aliphatic carbocycles. The first-order valence-corrected chi connectivity index (χ1v) is 3.19. The van der Waals surface area contributed by atoms with Crippen molar-refractivity contribution in [1.29, 1.82) is 0 Å². The van der Waals surface area contributed by atoms with Gasteiger partial charge in [0.15, 0.2) is 0 Å². The van der Waals surface area contributed by atoms with Gasteiger partial charge in [-0.25, -0.2) is 0 Å². The van der Waals surface area contributed by atoms with Gasteiger partial charge in [0.25, 0.3) is 0 Å². The lowest BCUT2D eigenvalue weighted by molar-refractivity contribution is -0.143. The third-order valence-corrected chi connectivity index (χ3v) is 1.61. The maximum atomic E-state index is 10.5.